The topological polar surface area (TPSA) is 81.7 Å². The van der Waals surface area contributed by atoms with Crippen LogP contribution >= 0.6 is 7.60 Å². The molecule has 4 aromatic carbocycles. The zero-order valence-corrected chi connectivity index (χ0v) is 23.3. The highest BCUT2D eigenvalue weighted by molar-refractivity contribution is 7.90. The molecule has 4 rings (SSSR count). The Hall–Kier alpha value is -3.45. The molecule has 39 heavy (non-hydrogen) atoms. The molecule has 0 spiro atoms. The fourth-order valence-corrected chi connectivity index (χ4v) is 7.52. The number of halogens is 1. The average Bonchev–Trinajstić information content (AvgIpc) is 2.93. The first kappa shape index (κ1) is 28.6. The smallest absolute Gasteiger partial charge is 0.415 e. The van der Waals surface area contributed by atoms with Gasteiger partial charge in [0, 0.05) is 6.54 Å². The zero-order valence-electron chi connectivity index (χ0n) is 21.6. The van der Waals surface area contributed by atoms with Crippen LogP contribution in [0.5, 0.6) is 11.5 Å². The molecule has 0 saturated carbocycles. The maximum atomic E-state index is 14.4. The molecule has 0 aromatic heterocycles. The molecular weight excluding hydrogens is 536 g/mol. The molecule has 9 heteroatoms. The molecule has 0 fully saturated rings. The van der Waals surface area contributed by atoms with E-state index in [0.29, 0.717) is 35.5 Å². The third-order valence-electron chi connectivity index (χ3n) is 6.04. The lowest BCUT2D eigenvalue weighted by Gasteiger charge is -2.28. The highest BCUT2D eigenvalue weighted by Crippen LogP contribution is 2.53. The normalized spacial score (nSPS) is 12.6. The van der Waals surface area contributed by atoms with Gasteiger partial charge >= 0.3 is 7.60 Å². The molecule has 0 bridgehead atoms. The van der Waals surface area contributed by atoms with Crippen molar-refractivity contribution in [3.8, 4) is 11.5 Å². The maximum absolute atomic E-state index is 14.4. The highest BCUT2D eigenvalue weighted by Gasteiger charge is 2.39. The Bertz CT molecular complexity index is 1460. The van der Waals surface area contributed by atoms with Crippen molar-refractivity contribution in [1.29, 1.82) is 0 Å². The number of sulfone groups is 1. The van der Waals surface area contributed by atoms with Gasteiger partial charge in [0.05, 0.1) is 10.6 Å². The van der Waals surface area contributed by atoms with Crippen LogP contribution in [0.2, 0.25) is 0 Å². The van der Waals surface area contributed by atoms with E-state index >= 15 is 0 Å². The van der Waals surface area contributed by atoms with Gasteiger partial charge in [-0.25, -0.2) is 17.4 Å². The van der Waals surface area contributed by atoms with Crippen LogP contribution in [0.3, 0.4) is 0 Å². The van der Waals surface area contributed by atoms with E-state index in [9.17, 15) is 17.4 Å². The molecule has 0 radical (unpaired) electrons. The first-order valence-electron chi connectivity index (χ1n) is 12.7. The number of para-hydroxylation sites is 2. The van der Waals surface area contributed by atoms with Crippen molar-refractivity contribution < 1.29 is 26.4 Å². The molecule has 6 nitrogen and oxygen atoms in total. The molecule has 0 aliphatic heterocycles. The fraction of sp³-hybridized carbons (Fsp3) is 0.200. The maximum Gasteiger partial charge on any atom is 0.447 e. The second-order valence-electron chi connectivity index (χ2n) is 9.02. The van der Waals surface area contributed by atoms with Crippen LogP contribution in [0.15, 0.2) is 114 Å². The van der Waals surface area contributed by atoms with Crippen LogP contribution in [0.4, 0.5) is 4.39 Å². The summed E-state index contributed by atoms with van der Waals surface area (Å²) in [7, 11) is -7.55. The second-order valence-corrected chi connectivity index (χ2v) is 13.1. The Morgan fingerprint density at radius 3 is 1.87 bits per heavy atom. The van der Waals surface area contributed by atoms with Crippen LogP contribution in [-0.2, 0) is 26.7 Å². The standard InChI is InChI=1S/C30H31FNO5PS/c1-2-12-30(38(33,36-27-13-6-3-7-14-27)37-28-15-8-4-9-16-28)32-22-24-19-20-26(31)21-25(24)23-39(34,35)29-17-10-5-11-18-29/h3-11,13-21,30,32H,2,12,22-23H2,1H3. The summed E-state index contributed by atoms with van der Waals surface area (Å²) < 4.78 is 66.7. The van der Waals surface area contributed by atoms with Crippen LogP contribution in [0.25, 0.3) is 0 Å². The molecule has 0 aliphatic rings. The molecule has 0 aliphatic carbocycles. The van der Waals surface area contributed by atoms with E-state index in [1.807, 2.05) is 19.1 Å². The molecule has 1 unspecified atom stereocenters. The summed E-state index contributed by atoms with van der Waals surface area (Å²) in [6.07, 6.45) is 1.13. The quantitative estimate of drug-likeness (QED) is 0.170. The second kappa shape index (κ2) is 13.1. The molecule has 0 saturated heterocycles. The predicted molar refractivity (Wildman–Crippen MR) is 151 cm³/mol. The summed E-state index contributed by atoms with van der Waals surface area (Å²) >= 11 is 0. The van der Waals surface area contributed by atoms with Gasteiger partial charge in [0.1, 0.15) is 23.1 Å². The Kier molecular flexibility index (Phi) is 9.57. The van der Waals surface area contributed by atoms with Crippen molar-refractivity contribution in [2.45, 2.75) is 42.7 Å². The molecular formula is C30H31FNO5PS. The number of hydrogen-bond acceptors (Lipinski definition) is 6. The number of rotatable bonds is 13. The number of nitrogens with one attached hydrogen (secondary N) is 1. The fourth-order valence-electron chi connectivity index (χ4n) is 4.09. The minimum Gasteiger partial charge on any atom is -0.415 e. The van der Waals surface area contributed by atoms with Gasteiger partial charge in [-0.2, -0.15) is 0 Å². The Balaban J connectivity index is 1.62. The van der Waals surface area contributed by atoms with Crippen molar-refractivity contribution in [2.24, 2.45) is 0 Å². The number of hydrogen-bond donors (Lipinski definition) is 1. The lowest BCUT2D eigenvalue weighted by atomic mass is 10.1. The summed E-state index contributed by atoms with van der Waals surface area (Å²) in [6.45, 7) is 2.09. The van der Waals surface area contributed by atoms with E-state index in [-0.39, 0.29) is 17.2 Å². The van der Waals surface area contributed by atoms with E-state index in [2.05, 4.69) is 5.32 Å². The van der Waals surface area contributed by atoms with Crippen LogP contribution in [0, 0.1) is 5.82 Å². The van der Waals surface area contributed by atoms with Crippen molar-refractivity contribution in [3.63, 3.8) is 0 Å². The molecule has 1 N–H and O–H groups in total. The molecule has 204 valence electrons. The van der Waals surface area contributed by atoms with Crippen LogP contribution in [-0.4, -0.2) is 14.2 Å². The van der Waals surface area contributed by atoms with Gasteiger partial charge in [-0.3, -0.25) is 5.32 Å². The van der Waals surface area contributed by atoms with E-state index in [1.54, 1.807) is 72.8 Å². The summed E-state index contributed by atoms with van der Waals surface area (Å²) in [5.41, 5.74) is 0.896. The van der Waals surface area contributed by atoms with Gasteiger partial charge in [-0.05, 0) is 66.1 Å². The molecule has 4 aromatic rings. The van der Waals surface area contributed by atoms with Gasteiger partial charge in [0.25, 0.3) is 0 Å². The number of benzene rings is 4. The van der Waals surface area contributed by atoms with Crippen molar-refractivity contribution in [1.82, 2.24) is 5.32 Å². The Morgan fingerprint density at radius 2 is 1.33 bits per heavy atom. The minimum atomic E-state index is -3.84. The van der Waals surface area contributed by atoms with Crippen LogP contribution < -0.4 is 14.4 Å². The summed E-state index contributed by atoms with van der Waals surface area (Å²) in [4.78, 5) is 0.161. The van der Waals surface area contributed by atoms with E-state index in [1.165, 1.54) is 24.3 Å². The lowest BCUT2D eigenvalue weighted by molar-refractivity contribution is 0.353. The zero-order chi connectivity index (χ0) is 27.7. The van der Waals surface area contributed by atoms with E-state index in [0.717, 1.165) is 0 Å². The monoisotopic (exact) mass is 567 g/mol. The molecule has 1 atom stereocenters. The first-order chi connectivity index (χ1) is 18.8. The summed E-state index contributed by atoms with van der Waals surface area (Å²) in [5, 5.41) is 3.27. The van der Waals surface area contributed by atoms with E-state index in [4.69, 9.17) is 9.05 Å². The lowest BCUT2D eigenvalue weighted by Crippen LogP contribution is -2.32. The van der Waals surface area contributed by atoms with Crippen LogP contribution in [0.1, 0.15) is 30.9 Å². The summed E-state index contributed by atoms with van der Waals surface area (Å²) in [5.74, 6) is -0.838. The van der Waals surface area contributed by atoms with Gasteiger partial charge in [-0.15, -0.1) is 0 Å². The predicted octanol–water partition coefficient (Wildman–Crippen LogP) is 7.37. The first-order valence-corrected chi connectivity index (χ1v) is 15.9. The average molecular weight is 568 g/mol. The molecule has 0 amide bonds. The van der Waals surface area contributed by atoms with Crippen molar-refractivity contribution in [2.75, 3.05) is 0 Å². The third-order valence-corrected chi connectivity index (χ3v) is 9.86. The SMILES string of the molecule is CCCC(NCc1ccc(F)cc1CS(=O)(=O)c1ccccc1)P(=O)(Oc1ccccc1)Oc1ccccc1. The van der Waals surface area contributed by atoms with Gasteiger partial charge < -0.3 is 9.05 Å². The Morgan fingerprint density at radius 1 is 0.795 bits per heavy atom. The Labute approximate surface area is 229 Å². The third kappa shape index (κ3) is 7.79. The van der Waals surface area contributed by atoms with Gasteiger partial charge in [-0.1, -0.05) is 74.0 Å². The molecule has 0 heterocycles. The summed E-state index contributed by atoms with van der Waals surface area (Å²) in [6, 6.07) is 29.7. The minimum absolute atomic E-state index is 0.130. The largest absolute Gasteiger partial charge is 0.447 e. The van der Waals surface area contributed by atoms with Crippen molar-refractivity contribution in [3.05, 3.63) is 126 Å². The van der Waals surface area contributed by atoms with E-state index < -0.39 is 29.0 Å². The van der Waals surface area contributed by atoms with Gasteiger partial charge in [0.15, 0.2) is 9.84 Å². The van der Waals surface area contributed by atoms with Gasteiger partial charge in [0.2, 0.25) is 0 Å². The van der Waals surface area contributed by atoms with Crippen molar-refractivity contribution >= 4 is 17.4 Å². The highest BCUT2D eigenvalue weighted by atomic mass is 32.2.